The Hall–Kier alpha value is -0.650. The summed E-state index contributed by atoms with van der Waals surface area (Å²) in [6.07, 6.45) is 6.69. The number of carboxylic acids is 1. The molecule has 1 atom stereocenters. The van der Waals surface area contributed by atoms with Gasteiger partial charge in [0.2, 0.25) is 0 Å². The molecule has 0 radical (unpaired) electrons. The number of likely N-dealkylation sites (N-methyl/N-ethyl adjacent to an activating group) is 2. The molecule has 0 aromatic heterocycles. The minimum Gasteiger partial charge on any atom is -0.480 e. The van der Waals surface area contributed by atoms with E-state index in [0.717, 1.165) is 25.9 Å². The van der Waals surface area contributed by atoms with E-state index in [4.69, 9.17) is 0 Å². The first-order valence-corrected chi connectivity index (χ1v) is 8.14. The number of nitrogens with zero attached hydrogens (tertiary/aromatic N) is 2. The predicted molar refractivity (Wildman–Crippen MR) is 84.6 cm³/mol. The van der Waals surface area contributed by atoms with Crippen LogP contribution in [0.5, 0.6) is 0 Å². The summed E-state index contributed by atoms with van der Waals surface area (Å²) in [7, 11) is 6.43. The molecule has 2 aliphatic carbocycles. The van der Waals surface area contributed by atoms with Gasteiger partial charge in [0.25, 0.3) is 0 Å². The molecule has 5 nitrogen and oxygen atoms in total. The average molecular weight is 297 g/mol. The minimum absolute atomic E-state index is 0.304. The monoisotopic (exact) mass is 297 g/mol. The van der Waals surface area contributed by atoms with E-state index in [1.54, 1.807) is 0 Å². The highest BCUT2D eigenvalue weighted by molar-refractivity contribution is 5.78. The fourth-order valence-electron chi connectivity index (χ4n) is 3.25. The maximum Gasteiger partial charge on any atom is 0.323 e. The Kier molecular flexibility index (Phi) is 4.96. The van der Waals surface area contributed by atoms with Crippen molar-refractivity contribution in [3.63, 3.8) is 0 Å². The normalized spacial score (nSPS) is 23.9. The van der Waals surface area contributed by atoms with E-state index in [0.29, 0.717) is 18.0 Å². The van der Waals surface area contributed by atoms with Gasteiger partial charge in [0.15, 0.2) is 0 Å². The van der Waals surface area contributed by atoms with Crippen molar-refractivity contribution in [3.8, 4) is 0 Å². The van der Waals surface area contributed by atoms with Gasteiger partial charge in [-0.15, -0.1) is 0 Å². The zero-order valence-electron chi connectivity index (χ0n) is 14.0. The SMILES string of the molecule is CN(CCC(C)(NC1CC1)C(=O)O)CC1(N(C)C)CCC1. The number of aliphatic carboxylic acids is 1. The van der Waals surface area contributed by atoms with E-state index in [1.807, 2.05) is 6.92 Å². The van der Waals surface area contributed by atoms with E-state index >= 15 is 0 Å². The maximum atomic E-state index is 11.6. The summed E-state index contributed by atoms with van der Waals surface area (Å²) in [6.45, 7) is 3.67. The largest absolute Gasteiger partial charge is 0.480 e. The summed E-state index contributed by atoms with van der Waals surface area (Å²) in [5.41, 5.74) is -0.487. The lowest BCUT2D eigenvalue weighted by Crippen LogP contribution is -2.57. The molecule has 0 aliphatic heterocycles. The third-order valence-electron chi connectivity index (χ3n) is 5.36. The number of rotatable bonds is 9. The van der Waals surface area contributed by atoms with Crippen molar-refractivity contribution in [2.75, 3.05) is 34.2 Å². The molecule has 1 unspecified atom stereocenters. The average Bonchev–Trinajstić information content (AvgIpc) is 3.14. The van der Waals surface area contributed by atoms with E-state index in [9.17, 15) is 9.90 Å². The van der Waals surface area contributed by atoms with E-state index in [-0.39, 0.29) is 0 Å². The molecule has 122 valence electrons. The number of hydrogen-bond donors (Lipinski definition) is 2. The molecular formula is C16H31N3O2. The van der Waals surface area contributed by atoms with Crippen LogP contribution in [0.3, 0.4) is 0 Å². The van der Waals surface area contributed by atoms with E-state index in [2.05, 4.69) is 36.3 Å². The predicted octanol–water partition coefficient (Wildman–Crippen LogP) is 1.39. The Morgan fingerprint density at radius 1 is 1.33 bits per heavy atom. The molecule has 2 fully saturated rings. The highest BCUT2D eigenvalue weighted by atomic mass is 16.4. The van der Waals surface area contributed by atoms with Gasteiger partial charge in [-0.25, -0.2) is 0 Å². The molecule has 2 rings (SSSR count). The van der Waals surface area contributed by atoms with Crippen molar-refractivity contribution in [2.24, 2.45) is 0 Å². The molecule has 0 aromatic rings. The fourth-order valence-corrected chi connectivity index (χ4v) is 3.25. The molecule has 0 heterocycles. The van der Waals surface area contributed by atoms with Gasteiger partial charge in [-0.05, 0) is 66.6 Å². The van der Waals surface area contributed by atoms with Crippen LogP contribution >= 0.6 is 0 Å². The number of hydrogen-bond acceptors (Lipinski definition) is 4. The highest BCUT2D eigenvalue weighted by Gasteiger charge is 2.41. The van der Waals surface area contributed by atoms with Crippen LogP contribution in [0, 0.1) is 0 Å². The second-order valence-electron chi connectivity index (χ2n) is 7.52. The minimum atomic E-state index is -0.791. The van der Waals surface area contributed by atoms with Crippen LogP contribution in [-0.4, -0.2) is 72.2 Å². The zero-order valence-corrected chi connectivity index (χ0v) is 14.0. The third-order valence-corrected chi connectivity index (χ3v) is 5.36. The van der Waals surface area contributed by atoms with Crippen LogP contribution in [0.1, 0.15) is 45.4 Å². The van der Waals surface area contributed by atoms with Crippen LogP contribution in [-0.2, 0) is 4.79 Å². The van der Waals surface area contributed by atoms with Crippen LogP contribution in [0.15, 0.2) is 0 Å². The van der Waals surface area contributed by atoms with Crippen LogP contribution < -0.4 is 5.32 Å². The first kappa shape index (κ1) is 16.7. The van der Waals surface area contributed by atoms with Gasteiger partial charge >= 0.3 is 5.97 Å². The highest BCUT2D eigenvalue weighted by Crippen LogP contribution is 2.36. The van der Waals surface area contributed by atoms with Gasteiger partial charge in [-0.3, -0.25) is 10.1 Å². The van der Waals surface area contributed by atoms with Crippen molar-refractivity contribution in [1.82, 2.24) is 15.1 Å². The molecule has 21 heavy (non-hydrogen) atoms. The quantitative estimate of drug-likeness (QED) is 0.673. The van der Waals surface area contributed by atoms with Gasteiger partial charge in [-0.2, -0.15) is 0 Å². The second kappa shape index (κ2) is 6.23. The molecule has 2 aliphatic rings. The van der Waals surface area contributed by atoms with Crippen molar-refractivity contribution in [1.29, 1.82) is 0 Å². The first-order valence-electron chi connectivity index (χ1n) is 8.14. The number of carbonyl (C=O) groups is 1. The summed E-state index contributed by atoms with van der Waals surface area (Å²) in [6, 6.07) is 0.413. The molecule has 0 spiro atoms. The summed E-state index contributed by atoms with van der Waals surface area (Å²) in [5, 5.41) is 12.8. The number of carboxylic acid groups (broad SMARTS) is 1. The zero-order chi connectivity index (χ0) is 15.7. The summed E-state index contributed by atoms with van der Waals surface area (Å²) < 4.78 is 0. The van der Waals surface area contributed by atoms with Gasteiger partial charge in [-0.1, -0.05) is 0 Å². The van der Waals surface area contributed by atoms with E-state index in [1.165, 1.54) is 19.3 Å². The standard InChI is InChI=1S/C16H31N3O2/c1-15(14(20)21,17-13-6-7-13)10-11-19(4)12-16(18(2)3)8-5-9-16/h13,17H,5-12H2,1-4H3,(H,20,21). The van der Waals surface area contributed by atoms with Crippen molar-refractivity contribution in [3.05, 3.63) is 0 Å². The van der Waals surface area contributed by atoms with Crippen molar-refractivity contribution < 1.29 is 9.90 Å². The van der Waals surface area contributed by atoms with Gasteiger partial charge in [0.05, 0.1) is 0 Å². The Bertz CT molecular complexity index is 378. The molecule has 0 aromatic carbocycles. The Balaban J connectivity index is 1.83. The topological polar surface area (TPSA) is 55.8 Å². The third kappa shape index (κ3) is 3.96. The summed E-state index contributed by atoms with van der Waals surface area (Å²) in [5.74, 6) is -0.728. The molecular weight excluding hydrogens is 266 g/mol. The molecule has 0 saturated heterocycles. The van der Waals surface area contributed by atoms with E-state index < -0.39 is 11.5 Å². The Morgan fingerprint density at radius 3 is 2.33 bits per heavy atom. The molecule has 5 heteroatoms. The fraction of sp³-hybridized carbons (Fsp3) is 0.938. The van der Waals surface area contributed by atoms with Crippen LogP contribution in [0.25, 0.3) is 0 Å². The van der Waals surface area contributed by atoms with Gasteiger partial charge in [0, 0.05) is 24.7 Å². The van der Waals surface area contributed by atoms with Gasteiger partial charge in [0.1, 0.15) is 5.54 Å². The van der Waals surface area contributed by atoms with Crippen LogP contribution in [0.2, 0.25) is 0 Å². The lowest BCUT2D eigenvalue weighted by Gasteiger charge is -2.49. The Morgan fingerprint density at radius 2 is 1.95 bits per heavy atom. The number of nitrogens with one attached hydrogen (secondary N) is 1. The molecule has 2 N–H and O–H groups in total. The lowest BCUT2D eigenvalue weighted by atomic mass is 9.75. The molecule has 0 bridgehead atoms. The molecule has 2 saturated carbocycles. The van der Waals surface area contributed by atoms with Crippen molar-refractivity contribution >= 4 is 5.97 Å². The molecule has 0 amide bonds. The maximum absolute atomic E-state index is 11.6. The second-order valence-corrected chi connectivity index (χ2v) is 7.52. The smallest absolute Gasteiger partial charge is 0.323 e. The van der Waals surface area contributed by atoms with Crippen molar-refractivity contribution in [2.45, 2.75) is 62.6 Å². The summed E-state index contributed by atoms with van der Waals surface area (Å²) >= 11 is 0. The first-order chi connectivity index (χ1) is 9.77. The Labute approximate surface area is 128 Å². The van der Waals surface area contributed by atoms with Gasteiger partial charge < -0.3 is 14.9 Å². The lowest BCUT2D eigenvalue weighted by molar-refractivity contribution is -0.144. The van der Waals surface area contributed by atoms with Crippen LogP contribution in [0.4, 0.5) is 0 Å². The summed E-state index contributed by atoms with van der Waals surface area (Å²) in [4.78, 5) is 16.2.